The Morgan fingerprint density at radius 3 is 2.61 bits per heavy atom. The van der Waals surface area contributed by atoms with Crippen molar-refractivity contribution in [2.45, 2.75) is 24.9 Å². The molecule has 1 aromatic rings. The number of thiol groups is 1. The SMILES string of the molecule is Nc1ccn([C@H]2C[C@H](O)[C@@H](COP(=S)(S)OP(=O)(O)OP(=O)(O)O)O2)c(=O)n1. The van der Waals surface area contributed by atoms with Crippen LogP contribution in [0.4, 0.5) is 5.82 Å². The van der Waals surface area contributed by atoms with Gasteiger partial charge in [0.1, 0.15) is 18.1 Å². The third-order valence-electron chi connectivity index (χ3n) is 3.18. The van der Waals surface area contributed by atoms with Crippen LogP contribution in [0.25, 0.3) is 0 Å². The molecular formula is C9H16N3O11P3S2. The van der Waals surface area contributed by atoms with Crippen molar-refractivity contribution in [3.05, 3.63) is 22.7 Å². The summed E-state index contributed by atoms with van der Waals surface area (Å²) in [4.78, 5) is 41.8. The third kappa shape index (κ3) is 7.26. The third-order valence-corrected chi connectivity index (χ3v) is 8.91. The van der Waals surface area contributed by atoms with E-state index in [0.717, 1.165) is 4.57 Å². The maximum Gasteiger partial charge on any atom is 0.487 e. The van der Waals surface area contributed by atoms with Crippen LogP contribution in [0, 0.1) is 0 Å². The highest BCUT2D eigenvalue weighted by Gasteiger charge is 2.40. The van der Waals surface area contributed by atoms with Gasteiger partial charge >= 0.3 is 21.3 Å². The molecule has 1 fully saturated rings. The van der Waals surface area contributed by atoms with E-state index in [0.29, 0.717) is 0 Å². The number of phosphoric acid groups is 2. The van der Waals surface area contributed by atoms with Gasteiger partial charge in [-0.15, -0.1) is 0 Å². The average Bonchev–Trinajstić information content (AvgIpc) is 2.82. The Kier molecular flexibility index (Phi) is 7.66. The Morgan fingerprint density at radius 2 is 2.04 bits per heavy atom. The highest BCUT2D eigenvalue weighted by atomic mass is 32.9. The fraction of sp³-hybridized carbons (Fsp3) is 0.556. The van der Waals surface area contributed by atoms with E-state index < -0.39 is 52.1 Å². The number of ether oxygens (including phenoxy) is 1. The largest absolute Gasteiger partial charge is 0.487 e. The smallest absolute Gasteiger partial charge is 0.390 e. The van der Waals surface area contributed by atoms with Crippen LogP contribution in [-0.2, 0) is 38.8 Å². The molecule has 1 saturated heterocycles. The van der Waals surface area contributed by atoms with Crippen LogP contribution in [0.1, 0.15) is 12.6 Å². The molecule has 0 spiro atoms. The molecule has 0 aromatic carbocycles. The van der Waals surface area contributed by atoms with Crippen molar-refractivity contribution in [2.75, 3.05) is 12.3 Å². The van der Waals surface area contributed by atoms with Crippen molar-refractivity contribution in [1.82, 2.24) is 9.55 Å². The van der Waals surface area contributed by atoms with Gasteiger partial charge in [0.2, 0.25) is 0 Å². The number of nitrogens with zero attached hydrogens (tertiary/aromatic N) is 2. The molecule has 0 radical (unpaired) electrons. The molecule has 0 bridgehead atoms. The zero-order valence-electron chi connectivity index (χ0n) is 13.6. The standard InChI is InChI=1S/C9H16N3O11P3S2/c10-7-1-2-12(9(14)11-7)8-3-5(13)6(21-8)4-20-26(27,28)23-25(18,19)22-24(15,16)17/h1-2,5-6,8,13H,3-4H2,(H,18,19)(H,27,28)(H2,10,11,14)(H2,15,16,17)/t5-,6+,8+/m0/s1. The summed E-state index contributed by atoms with van der Waals surface area (Å²) < 4.78 is 41.8. The second kappa shape index (κ2) is 8.90. The van der Waals surface area contributed by atoms with Gasteiger partial charge in [0.25, 0.3) is 5.69 Å². The summed E-state index contributed by atoms with van der Waals surface area (Å²) in [6.07, 6.45) is -1.68. The number of rotatable bonds is 8. The van der Waals surface area contributed by atoms with E-state index in [1.807, 2.05) is 0 Å². The van der Waals surface area contributed by atoms with Gasteiger partial charge in [-0.05, 0) is 17.9 Å². The van der Waals surface area contributed by atoms with E-state index in [1.165, 1.54) is 12.3 Å². The number of aliphatic hydroxyl groups is 1. The van der Waals surface area contributed by atoms with Crippen LogP contribution >= 0.6 is 33.6 Å². The molecule has 5 atom stereocenters. The second-order valence-electron chi connectivity index (χ2n) is 5.36. The van der Waals surface area contributed by atoms with Crippen molar-refractivity contribution in [1.29, 1.82) is 0 Å². The topological polar surface area (TPSA) is 213 Å². The quantitative estimate of drug-likeness (QED) is 0.203. The zero-order valence-corrected chi connectivity index (χ0v) is 18.0. The molecule has 19 heteroatoms. The fourth-order valence-corrected chi connectivity index (χ4v) is 7.15. The molecule has 14 nitrogen and oxygen atoms in total. The molecule has 1 aliphatic rings. The fourth-order valence-electron chi connectivity index (χ4n) is 2.15. The average molecular weight is 499 g/mol. The number of anilines is 1. The molecule has 1 aliphatic heterocycles. The number of aromatic nitrogens is 2. The monoisotopic (exact) mass is 499 g/mol. The van der Waals surface area contributed by atoms with Gasteiger partial charge < -0.3 is 34.8 Å². The number of nitrogens with two attached hydrogens (primary N) is 1. The van der Waals surface area contributed by atoms with Crippen molar-refractivity contribution in [2.24, 2.45) is 0 Å². The molecule has 6 N–H and O–H groups in total. The highest BCUT2D eigenvalue weighted by molar-refractivity contribution is 8.60. The lowest BCUT2D eigenvalue weighted by Gasteiger charge is -2.22. The van der Waals surface area contributed by atoms with Crippen molar-refractivity contribution < 1.29 is 46.8 Å². The zero-order chi connectivity index (χ0) is 21.3. The van der Waals surface area contributed by atoms with Gasteiger partial charge in [0.15, 0.2) is 0 Å². The first-order chi connectivity index (χ1) is 12.7. The lowest BCUT2D eigenvalue weighted by atomic mass is 10.2. The summed E-state index contributed by atoms with van der Waals surface area (Å²) >= 11 is 8.51. The van der Waals surface area contributed by atoms with Crippen LogP contribution in [0.3, 0.4) is 0 Å². The van der Waals surface area contributed by atoms with E-state index in [1.54, 1.807) is 0 Å². The molecule has 28 heavy (non-hydrogen) atoms. The minimum atomic E-state index is -5.34. The van der Waals surface area contributed by atoms with Crippen LogP contribution in [0.5, 0.6) is 0 Å². The number of hydrogen-bond donors (Lipinski definition) is 6. The van der Waals surface area contributed by atoms with Gasteiger partial charge in [-0.2, -0.15) is 9.29 Å². The molecular weight excluding hydrogens is 483 g/mol. The summed E-state index contributed by atoms with van der Waals surface area (Å²) in [5, 5.41) is 10.1. The number of hydrogen-bond acceptors (Lipinski definition) is 11. The Balaban J connectivity index is 1.98. The summed E-state index contributed by atoms with van der Waals surface area (Å²) in [7, 11) is -10.6. The minimum absolute atomic E-state index is 0.00432. The van der Waals surface area contributed by atoms with Crippen LogP contribution < -0.4 is 11.4 Å². The molecule has 160 valence electrons. The minimum Gasteiger partial charge on any atom is -0.390 e. The van der Waals surface area contributed by atoms with Crippen molar-refractivity contribution >= 4 is 51.2 Å². The van der Waals surface area contributed by atoms with Gasteiger partial charge in [0, 0.05) is 12.6 Å². The predicted molar refractivity (Wildman–Crippen MR) is 101 cm³/mol. The Bertz CT molecular complexity index is 922. The molecule has 2 heterocycles. The molecule has 0 aliphatic carbocycles. The molecule has 2 rings (SSSR count). The first kappa shape index (κ1) is 24.1. The lowest BCUT2D eigenvalue weighted by molar-refractivity contribution is -0.0401. The predicted octanol–water partition coefficient (Wildman–Crippen LogP) is -0.129. The van der Waals surface area contributed by atoms with Crippen LogP contribution in [0.2, 0.25) is 0 Å². The highest BCUT2D eigenvalue weighted by Crippen LogP contribution is 2.69. The van der Waals surface area contributed by atoms with E-state index in [9.17, 15) is 23.9 Å². The van der Waals surface area contributed by atoms with Crippen molar-refractivity contribution in [3.8, 4) is 0 Å². The van der Waals surface area contributed by atoms with Gasteiger partial charge in [-0.25, -0.2) is 18.2 Å². The lowest BCUT2D eigenvalue weighted by Crippen LogP contribution is -2.28. The first-order valence-electron chi connectivity index (χ1n) is 7.14. The van der Waals surface area contributed by atoms with Crippen molar-refractivity contribution in [3.63, 3.8) is 0 Å². The molecule has 2 unspecified atom stereocenters. The summed E-state index contributed by atoms with van der Waals surface area (Å²) in [5.41, 5.74) is 0.872. The second-order valence-corrected chi connectivity index (χ2v) is 13.6. The van der Waals surface area contributed by atoms with Crippen LogP contribution in [0.15, 0.2) is 17.1 Å². The summed E-state index contributed by atoms with van der Waals surface area (Å²) in [5.74, 6) is 0.0125. The Hall–Kier alpha value is -0.180. The van der Waals surface area contributed by atoms with E-state index in [2.05, 4.69) is 25.9 Å². The number of nitrogen functional groups attached to an aromatic ring is 1. The number of aliphatic hydroxyl groups excluding tert-OH is 1. The maximum absolute atomic E-state index is 11.8. The van der Waals surface area contributed by atoms with Gasteiger partial charge in [0.05, 0.1) is 12.7 Å². The van der Waals surface area contributed by atoms with E-state index in [-0.39, 0.29) is 12.2 Å². The van der Waals surface area contributed by atoms with Gasteiger partial charge in [-0.1, -0.05) is 12.2 Å². The van der Waals surface area contributed by atoms with Crippen LogP contribution in [-0.4, -0.2) is 48.2 Å². The molecule has 0 amide bonds. The summed E-state index contributed by atoms with van der Waals surface area (Å²) in [6.45, 7) is -0.467. The molecule has 0 saturated carbocycles. The maximum atomic E-state index is 11.8. The normalized spacial score (nSPS) is 27.2. The first-order valence-corrected chi connectivity index (χ1v) is 14.0. The summed E-state index contributed by atoms with van der Waals surface area (Å²) in [6, 6.07) is 1.36. The Labute approximate surface area is 167 Å². The van der Waals surface area contributed by atoms with E-state index >= 15 is 0 Å². The van der Waals surface area contributed by atoms with Gasteiger partial charge in [-0.3, -0.25) is 4.57 Å². The molecule has 1 aromatic heterocycles. The Morgan fingerprint density at radius 1 is 1.39 bits per heavy atom. The van der Waals surface area contributed by atoms with E-state index in [4.69, 9.17) is 36.6 Å².